The predicted octanol–water partition coefficient (Wildman–Crippen LogP) is 2.06. The van der Waals surface area contributed by atoms with Gasteiger partial charge in [0, 0.05) is 12.0 Å². The van der Waals surface area contributed by atoms with Crippen molar-refractivity contribution in [1.82, 2.24) is 30.4 Å². The highest BCUT2D eigenvalue weighted by Crippen LogP contribution is 2.44. The number of aromatic nitrogens is 4. The van der Waals surface area contributed by atoms with Gasteiger partial charge in [-0.3, -0.25) is 14.5 Å². The highest BCUT2D eigenvalue weighted by molar-refractivity contribution is 8.02. The van der Waals surface area contributed by atoms with E-state index in [0.717, 1.165) is 23.8 Å². The zero-order chi connectivity index (χ0) is 32.0. The fourth-order valence-electron chi connectivity index (χ4n) is 4.83. The number of aliphatic hydroxyl groups excluding tert-OH is 1. The standard InChI is InChI=1S/C28H28F2N6O7S2/c1-41-28(31-21(38)16-45-27(29)30)25(40)36-22(19(14-42-26(28)36)44-15-20-32-33-34-35(20)12-13-37)24(39)43-23(17-8-4-2-5-9-17)18-10-6-3-7-11-18/h2-11,23,26-27,37H,12-16H2,1H3,(H,31,38)/t26-,28+/m1/s1. The number of halogens is 2. The average molecular weight is 663 g/mol. The number of amides is 2. The number of hydrogen-bond acceptors (Lipinski definition) is 12. The van der Waals surface area contributed by atoms with Gasteiger partial charge < -0.3 is 24.6 Å². The molecule has 0 aliphatic carbocycles. The Morgan fingerprint density at radius 3 is 2.42 bits per heavy atom. The third-order valence-corrected chi connectivity index (χ3v) is 8.64. The Hall–Kier alpha value is -3.90. The molecule has 2 N–H and O–H groups in total. The average Bonchev–Trinajstić information content (AvgIpc) is 3.51. The second-order valence-corrected chi connectivity index (χ2v) is 11.7. The SMILES string of the molecule is CO[C@@]1(NC(=O)CSC(F)F)C(=O)N2C(C(=O)OC(c3ccccc3)c3ccccc3)=C(SCc3nnnn3CCO)CO[C@@H]21. The highest BCUT2D eigenvalue weighted by atomic mass is 32.2. The zero-order valence-electron chi connectivity index (χ0n) is 23.7. The molecule has 2 aliphatic rings. The van der Waals surface area contributed by atoms with E-state index in [4.69, 9.17) is 14.2 Å². The van der Waals surface area contributed by atoms with Gasteiger partial charge in [0.25, 0.3) is 17.4 Å². The summed E-state index contributed by atoms with van der Waals surface area (Å²) in [7, 11) is 1.16. The summed E-state index contributed by atoms with van der Waals surface area (Å²) in [6.07, 6.45) is -2.14. The Balaban J connectivity index is 1.47. The lowest BCUT2D eigenvalue weighted by Crippen LogP contribution is -2.82. The molecule has 0 saturated carbocycles. The van der Waals surface area contributed by atoms with E-state index < -0.39 is 47.4 Å². The van der Waals surface area contributed by atoms with Crippen LogP contribution in [0.25, 0.3) is 0 Å². The van der Waals surface area contributed by atoms with Gasteiger partial charge >= 0.3 is 5.97 Å². The number of methoxy groups -OCH3 is 1. The molecule has 1 saturated heterocycles. The zero-order valence-corrected chi connectivity index (χ0v) is 25.4. The third kappa shape index (κ3) is 6.86. The first-order chi connectivity index (χ1) is 21.8. The molecule has 3 heterocycles. The summed E-state index contributed by atoms with van der Waals surface area (Å²) >= 11 is 1.21. The van der Waals surface area contributed by atoms with Crippen molar-refractivity contribution in [1.29, 1.82) is 0 Å². The van der Waals surface area contributed by atoms with Crippen LogP contribution in [0.5, 0.6) is 0 Å². The van der Waals surface area contributed by atoms with E-state index in [1.54, 1.807) is 24.3 Å². The van der Waals surface area contributed by atoms with Crippen molar-refractivity contribution in [2.24, 2.45) is 0 Å². The fraction of sp³-hybridized carbons (Fsp3) is 0.357. The second kappa shape index (κ2) is 14.5. The number of alkyl halides is 2. The fourth-order valence-corrected chi connectivity index (χ4v) is 6.16. The normalized spacial score (nSPS) is 19.5. The number of esters is 1. The number of rotatable bonds is 14. The predicted molar refractivity (Wildman–Crippen MR) is 157 cm³/mol. The smallest absolute Gasteiger partial charge is 0.357 e. The third-order valence-electron chi connectivity index (χ3n) is 6.90. The van der Waals surface area contributed by atoms with Gasteiger partial charge in [-0.15, -0.1) is 16.9 Å². The molecule has 13 nitrogen and oxygen atoms in total. The van der Waals surface area contributed by atoms with Crippen LogP contribution in [0.15, 0.2) is 71.3 Å². The van der Waals surface area contributed by atoms with E-state index >= 15 is 0 Å². The number of benzene rings is 2. The van der Waals surface area contributed by atoms with Gasteiger partial charge in [0.05, 0.1) is 31.3 Å². The van der Waals surface area contributed by atoms with Crippen molar-refractivity contribution in [3.8, 4) is 0 Å². The molecule has 3 aromatic rings. The number of nitrogens with zero attached hydrogens (tertiary/aromatic N) is 5. The van der Waals surface area contributed by atoms with Crippen LogP contribution >= 0.6 is 23.5 Å². The molecule has 2 aromatic carbocycles. The minimum Gasteiger partial charge on any atom is -0.448 e. The van der Waals surface area contributed by atoms with E-state index in [1.165, 1.54) is 4.68 Å². The lowest BCUT2D eigenvalue weighted by atomic mass is 9.96. The maximum Gasteiger partial charge on any atom is 0.357 e. The Morgan fingerprint density at radius 2 is 1.82 bits per heavy atom. The monoisotopic (exact) mass is 662 g/mol. The van der Waals surface area contributed by atoms with Crippen molar-refractivity contribution in [2.45, 2.75) is 36.1 Å². The number of ether oxygens (including phenoxy) is 3. The molecule has 0 spiro atoms. The van der Waals surface area contributed by atoms with Crippen LogP contribution in [0.1, 0.15) is 23.1 Å². The molecule has 2 amide bonds. The molecule has 1 fully saturated rings. The van der Waals surface area contributed by atoms with Crippen LogP contribution in [0.4, 0.5) is 8.78 Å². The molecule has 238 valence electrons. The van der Waals surface area contributed by atoms with Gasteiger partial charge in [-0.2, -0.15) is 8.78 Å². The molecule has 2 aliphatic heterocycles. The molecular weight excluding hydrogens is 634 g/mol. The van der Waals surface area contributed by atoms with Crippen LogP contribution in [-0.4, -0.2) is 91.8 Å². The molecule has 5 rings (SSSR count). The van der Waals surface area contributed by atoms with Crippen LogP contribution < -0.4 is 5.32 Å². The van der Waals surface area contributed by atoms with Crippen molar-refractivity contribution < 1.29 is 42.5 Å². The van der Waals surface area contributed by atoms with Crippen LogP contribution in [0.3, 0.4) is 0 Å². The van der Waals surface area contributed by atoms with E-state index in [0.29, 0.717) is 21.9 Å². The second-order valence-electron chi connectivity index (χ2n) is 9.61. The Bertz CT molecular complexity index is 1510. The molecule has 45 heavy (non-hydrogen) atoms. The van der Waals surface area contributed by atoms with Crippen molar-refractivity contribution in [2.75, 3.05) is 26.1 Å². The van der Waals surface area contributed by atoms with Crippen LogP contribution in [-0.2, 0) is 40.9 Å². The lowest BCUT2D eigenvalue weighted by Gasteiger charge is -2.55. The van der Waals surface area contributed by atoms with Gasteiger partial charge in [0.15, 0.2) is 18.2 Å². The number of carbonyl (C=O) groups is 3. The summed E-state index contributed by atoms with van der Waals surface area (Å²) in [5.74, 6) is -5.46. The van der Waals surface area contributed by atoms with Crippen molar-refractivity contribution >= 4 is 41.3 Å². The minimum atomic E-state index is -2.79. The highest BCUT2D eigenvalue weighted by Gasteiger charge is 2.67. The van der Waals surface area contributed by atoms with E-state index in [2.05, 4.69) is 20.8 Å². The number of aliphatic hydroxyl groups is 1. The number of fused-ring (bicyclic) bond motifs is 1. The van der Waals surface area contributed by atoms with E-state index in [1.807, 2.05) is 36.4 Å². The topological polar surface area (TPSA) is 158 Å². The number of carbonyl (C=O) groups excluding carboxylic acids is 3. The number of hydrogen-bond donors (Lipinski definition) is 2. The summed E-state index contributed by atoms with van der Waals surface area (Å²) in [5, 5.41) is 23.1. The van der Waals surface area contributed by atoms with Gasteiger partial charge in [0.1, 0.15) is 5.70 Å². The molecule has 0 bridgehead atoms. The maximum absolute atomic E-state index is 14.1. The van der Waals surface area contributed by atoms with Crippen LogP contribution in [0.2, 0.25) is 0 Å². The number of β-lactam (4-membered cyclic amide) rings is 1. The molecule has 2 atom stereocenters. The summed E-state index contributed by atoms with van der Waals surface area (Å²) in [6.45, 7) is -0.244. The number of nitrogens with one attached hydrogen (secondary N) is 1. The summed E-state index contributed by atoms with van der Waals surface area (Å²) < 4.78 is 44.2. The largest absolute Gasteiger partial charge is 0.448 e. The van der Waals surface area contributed by atoms with E-state index in [9.17, 15) is 28.3 Å². The first-order valence-corrected chi connectivity index (χ1v) is 15.6. The molecule has 17 heteroatoms. The molecule has 1 aromatic heterocycles. The van der Waals surface area contributed by atoms with Gasteiger partial charge in [-0.1, -0.05) is 72.4 Å². The molecular formula is C28H28F2N6O7S2. The van der Waals surface area contributed by atoms with Crippen molar-refractivity contribution in [3.05, 3.63) is 88.2 Å². The van der Waals surface area contributed by atoms with Crippen molar-refractivity contribution in [3.63, 3.8) is 0 Å². The van der Waals surface area contributed by atoms with E-state index in [-0.39, 0.29) is 43.0 Å². The number of tetrazole rings is 1. The lowest BCUT2D eigenvalue weighted by molar-refractivity contribution is -0.257. The Morgan fingerprint density at radius 1 is 1.16 bits per heavy atom. The van der Waals surface area contributed by atoms with Gasteiger partial charge in [0.2, 0.25) is 5.91 Å². The summed E-state index contributed by atoms with van der Waals surface area (Å²) in [5.41, 5.74) is -0.819. The Kier molecular flexibility index (Phi) is 10.4. The summed E-state index contributed by atoms with van der Waals surface area (Å²) in [6, 6.07) is 18.1. The summed E-state index contributed by atoms with van der Waals surface area (Å²) in [4.78, 5) is 41.6. The number of thioether (sulfide) groups is 2. The molecule has 0 radical (unpaired) electrons. The first kappa shape index (κ1) is 32.5. The van der Waals surface area contributed by atoms with Gasteiger partial charge in [-0.05, 0) is 21.6 Å². The van der Waals surface area contributed by atoms with Gasteiger partial charge in [-0.25, -0.2) is 9.48 Å². The molecule has 0 unspecified atom stereocenters. The first-order valence-electron chi connectivity index (χ1n) is 13.5. The maximum atomic E-state index is 14.1. The quantitative estimate of drug-likeness (QED) is 0.147. The van der Waals surface area contributed by atoms with Crippen LogP contribution in [0, 0.1) is 0 Å². The minimum absolute atomic E-state index is 0.0868. The Labute approximate surface area is 264 Å².